The van der Waals surface area contributed by atoms with E-state index in [1.54, 1.807) is 6.07 Å². The minimum atomic E-state index is 0.207. The Morgan fingerprint density at radius 1 is 1.43 bits per heavy atom. The van der Waals surface area contributed by atoms with E-state index in [1.807, 2.05) is 19.1 Å². The highest BCUT2D eigenvalue weighted by atomic mass is 16.5. The minimum Gasteiger partial charge on any atom is -0.494 e. The zero-order valence-corrected chi connectivity index (χ0v) is 7.87. The summed E-state index contributed by atoms with van der Waals surface area (Å²) in [5.41, 5.74) is 7.19. The van der Waals surface area contributed by atoms with E-state index in [9.17, 15) is 0 Å². The number of amidine groups is 2. The lowest BCUT2D eigenvalue weighted by molar-refractivity contribution is 0.340. The Morgan fingerprint density at radius 2 is 2.21 bits per heavy atom. The van der Waals surface area contributed by atoms with Gasteiger partial charge >= 0.3 is 0 Å². The first-order chi connectivity index (χ1) is 6.72. The number of fused-ring (bicyclic) bond motifs is 1. The highest BCUT2D eigenvalue weighted by molar-refractivity contribution is 6.20. The van der Waals surface area contributed by atoms with E-state index >= 15 is 0 Å². The van der Waals surface area contributed by atoms with E-state index < -0.39 is 0 Å². The summed E-state index contributed by atoms with van der Waals surface area (Å²) in [6.45, 7) is 2.53. The number of nitrogens with one attached hydrogen (secondary N) is 1. The molecule has 0 unspecified atom stereocenters. The number of benzene rings is 1. The van der Waals surface area contributed by atoms with Crippen molar-refractivity contribution in [3.05, 3.63) is 29.3 Å². The molecule has 72 valence electrons. The van der Waals surface area contributed by atoms with Gasteiger partial charge in [-0.1, -0.05) is 0 Å². The Hall–Kier alpha value is -1.84. The normalized spacial score (nSPS) is 13.8. The molecule has 3 N–H and O–H groups in total. The van der Waals surface area contributed by atoms with Crippen LogP contribution in [0.1, 0.15) is 18.1 Å². The van der Waals surface area contributed by atoms with E-state index in [4.69, 9.17) is 15.9 Å². The summed E-state index contributed by atoms with van der Waals surface area (Å²) in [7, 11) is 0. The molecule has 0 atom stereocenters. The molecular formula is C10H11N3O. The van der Waals surface area contributed by atoms with Crippen LogP contribution in [0.15, 0.2) is 23.2 Å². The molecule has 0 amide bonds. The number of nitrogens with zero attached hydrogens (tertiary/aromatic N) is 1. The molecule has 1 aromatic carbocycles. The highest BCUT2D eigenvalue weighted by Gasteiger charge is 2.18. The molecule has 1 heterocycles. The molecule has 0 radical (unpaired) electrons. The van der Waals surface area contributed by atoms with Crippen LogP contribution in [0.5, 0.6) is 5.75 Å². The average Bonchev–Trinajstić information content (AvgIpc) is 2.43. The van der Waals surface area contributed by atoms with E-state index in [0.717, 1.165) is 16.9 Å². The fourth-order valence-corrected chi connectivity index (χ4v) is 1.44. The third-order valence-corrected chi connectivity index (χ3v) is 2.07. The van der Waals surface area contributed by atoms with Gasteiger partial charge in [0.2, 0.25) is 0 Å². The fourth-order valence-electron chi connectivity index (χ4n) is 1.44. The molecule has 4 heteroatoms. The molecule has 4 nitrogen and oxygen atoms in total. The van der Waals surface area contributed by atoms with Gasteiger partial charge in [0, 0.05) is 11.1 Å². The summed E-state index contributed by atoms with van der Waals surface area (Å²) in [4.78, 5) is 3.88. The molecule has 1 aliphatic rings. The Labute approximate surface area is 81.9 Å². The second kappa shape index (κ2) is 3.14. The van der Waals surface area contributed by atoms with Crippen LogP contribution in [-0.2, 0) is 0 Å². The number of rotatable bonds is 2. The van der Waals surface area contributed by atoms with Gasteiger partial charge in [-0.2, -0.15) is 0 Å². The van der Waals surface area contributed by atoms with Gasteiger partial charge in [-0.05, 0) is 25.1 Å². The second-order valence-corrected chi connectivity index (χ2v) is 2.99. The van der Waals surface area contributed by atoms with Crippen LogP contribution in [0.25, 0.3) is 0 Å². The molecule has 0 saturated heterocycles. The summed E-state index contributed by atoms with van der Waals surface area (Å²) < 4.78 is 5.33. The van der Waals surface area contributed by atoms with Crippen molar-refractivity contribution < 1.29 is 4.74 Å². The molecule has 0 bridgehead atoms. The van der Waals surface area contributed by atoms with Crippen molar-refractivity contribution >= 4 is 11.7 Å². The van der Waals surface area contributed by atoms with Gasteiger partial charge in [0.1, 0.15) is 11.6 Å². The molecule has 0 aromatic heterocycles. The van der Waals surface area contributed by atoms with Crippen LogP contribution in [0.4, 0.5) is 0 Å². The number of hydrogen-bond acceptors (Lipinski definition) is 3. The predicted octanol–water partition coefficient (Wildman–Crippen LogP) is 1.13. The summed E-state index contributed by atoms with van der Waals surface area (Å²) >= 11 is 0. The van der Waals surface area contributed by atoms with Crippen LogP contribution < -0.4 is 10.5 Å². The maximum absolute atomic E-state index is 7.57. The summed E-state index contributed by atoms with van der Waals surface area (Å²) in [6.07, 6.45) is 0. The number of nitrogens with two attached hydrogens (primary N) is 1. The molecule has 1 aromatic rings. The van der Waals surface area contributed by atoms with Crippen molar-refractivity contribution in [1.29, 1.82) is 5.41 Å². The zero-order valence-electron chi connectivity index (χ0n) is 7.87. The van der Waals surface area contributed by atoms with Gasteiger partial charge in [0.05, 0.1) is 6.61 Å². The highest BCUT2D eigenvalue weighted by Crippen LogP contribution is 2.22. The van der Waals surface area contributed by atoms with E-state index in [0.29, 0.717) is 12.4 Å². The zero-order chi connectivity index (χ0) is 10.1. The summed E-state index contributed by atoms with van der Waals surface area (Å²) in [6, 6.07) is 5.47. The monoisotopic (exact) mass is 189 g/mol. The van der Waals surface area contributed by atoms with E-state index in [2.05, 4.69) is 4.99 Å². The Bertz CT molecular complexity index is 423. The topological polar surface area (TPSA) is 71.5 Å². The van der Waals surface area contributed by atoms with Crippen LogP contribution in [0, 0.1) is 5.41 Å². The fraction of sp³-hybridized carbons (Fsp3) is 0.200. The van der Waals surface area contributed by atoms with Crippen molar-refractivity contribution in [3.63, 3.8) is 0 Å². The van der Waals surface area contributed by atoms with Crippen molar-refractivity contribution in [2.24, 2.45) is 10.7 Å². The van der Waals surface area contributed by atoms with Crippen molar-refractivity contribution in [1.82, 2.24) is 0 Å². The van der Waals surface area contributed by atoms with Crippen LogP contribution >= 0.6 is 0 Å². The smallest absolute Gasteiger partial charge is 0.155 e. The minimum absolute atomic E-state index is 0.207. The lowest BCUT2D eigenvalue weighted by Gasteiger charge is -2.04. The first kappa shape index (κ1) is 8.74. The van der Waals surface area contributed by atoms with Gasteiger partial charge in [0.15, 0.2) is 5.84 Å². The molecule has 0 saturated carbocycles. The lowest BCUT2D eigenvalue weighted by atomic mass is 10.1. The summed E-state index contributed by atoms with van der Waals surface area (Å²) in [5, 5.41) is 7.57. The number of ether oxygens (including phenoxy) is 1. The van der Waals surface area contributed by atoms with Gasteiger partial charge in [-0.3, -0.25) is 5.41 Å². The molecule has 0 spiro atoms. The third kappa shape index (κ3) is 1.25. The molecular weight excluding hydrogens is 178 g/mol. The average molecular weight is 189 g/mol. The summed E-state index contributed by atoms with van der Waals surface area (Å²) in [5.74, 6) is 1.37. The maximum Gasteiger partial charge on any atom is 0.155 e. The van der Waals surface area contributed by atoms with Crippen LogP contribution in [-0.4, -0.2) is 18.3 Å². The first-order valence-electron chi connectivity index (χ1n) is 4.42. The molecule has 0 fully saturated rings. The van der Waals surface area contributed by atoms with Gasteiger partial charge in [-0.25, -0.2) is 4.99 Å². The lowest BCUT2D eigenvalue weighted by Crippen LogP contribution is -2.10. The first-order valence-corrected chi connectivity index (χ1v) is 4.42. The molecule has 2 rings (SSSR count). The van der Waals surface area contributed by atoms with Crippen molar-refractivity contribution in [3.8, 4) is 5.75 Å². The largest absolute Gasteiger partial charge is 0.494 e. The van der Waals surface area contributed by atoms with Gasteiger partial charge in [-0.15, -0.1) is 0 Å². The van der Waals surface area contributed by atoms with Crippen LogP contribution in [0.3, 0.4) is 0 Å². The predicted molar refractivity (Wildman–Crippen MR) is 55.2 cm³/mol. The number of hydrogen-bond donors (Lipinski definition) is 2. The molecule has 1 aliphatic heterocycles. The maximum atomic E-state index is 7.57. The molecule has 0 aliphatic carbocycles. The number of aliphatic imine (C=N–C) groups is 1. The van der Waals surface area contributed by atoms with E-state index in [-0.39, 0.29) is 5.84 Å². The third-order valence-electron chi connectivity index (χ3n) is 2.07. The van der Waals surface area contributed by atoms with Gasteiger partial charge < -0.3 is 10.5 Å². The Morgan fingerprint density at radius 3 is 2.93 bits per heavy atom. The van der Waals surface area contributed by atoms with E-state index in [1.165, 1.54) is 0 Å². The Balaban J connectivity index is 2.44. The Kier molecular flexibility index (Phi) is 1.96. The van der Waals surface area contributed by atoms with Gasteiger partial charge in [0.25, 0.3) is 0 Å². The van der Waals surface area contributed by atoms with Crippen molar-refractivity contribution in [2.75, 3.05) is 6.61 Å². The van der Waals surface area contributed by atoms with Crippen LogP contribution in [0.2, 0.25) is 0 Å². The van der Waals surface area contributed by atoms with Crippen molar-refractivity contribution in [2.45, 2.75) is 6.92 Å². The SMILES string of the molecule is CCOc1ccc2c(c1)C(=N)N=C2N. The second-order valence-electron chi connectivity index (χ2n) is 2.99. The quantitative estimate of drug-likeness (QED) is 0.732. The molecule has 14 heavy (non-hydrogen) atoms. The standard InChI is InChI=1S/C10H11N3O/c1-2-14-6-3-4-7-8(5-6)10(12)13-9(7)11/h3-5H,2H2,1H3,(H3,11,12,13).